The van der Waals surface area contributed by atoms with Gasteiger partial charge in [-0.1, -0.05) is 23.4 Å². The monoisotopic (exact) mass is 485 g/mol. The minimum absolute atomic E-state index is 0.0679. The van der Waals surface area contributed by atoms with E-state index in [2.05, 4.69) is 37.4 Å². The Morgan fingerprint density at radius 3 is 2.66 bits per heavy atom. The summed E-state index contributed by atoms with van der Waals surface area (Å²) in [4.78, 5) is 35.2. The van der Waals surface area contributed by atoms with Gasteiger partial charge in [0, 0.05) is 29.3 Å². The standard InChI is InChI=1S/C26H20ClN5O3/c1-16-5-8-20(14-29-16)35-24-10-7-19(13-22(24)27)32-25-21-12-18(6-9-23(21)30-15-31-25)4-3-11-28-26(34)17(2)33/h5-10,12-15H,11H2,1-2H3,(H,28,34)(H,30,31,32). The van der Waals surface area contributed by atoms with E-state index in [9.17, 15) is 9.59 Å². The number of carbonyl (C=O) groups excluding carboxylic acids is 2. The van der Waals surface area contributed by atoms with Crippen LogP contribution in [0.25, 0.3) is 10.9 Å². The number of nitrogens with zero attached hydrogens (tertiary/aromatic N) is 3. The Labute approximate surface area is 206 Å². The van der Waals surface area contributed by atoms with Crippen LogP contribution in [0, 0.1) is 18.8 Å². The highest BCUT2D eigenvalue weighted by Crippen LogP contribution is 2.33. The fourth-order valence-corrected chi connectivity index (χ4v) is 3.29. The Bertz CT molecular complexity index is 1480. The van der Waals surface area contributed by atoms with Gasteiger partial charge in [-0.25, -0.2) is 9.97 Å². The quantitative estimate of drug-likeness (QED) is 0.304. The molecule has 0 saturated heterocycles. The van der Waals surface area contributed by atoms with Gasteiger partial charge in [-0.3, -0.25) is 14.6 Å². The van der Waals surface area contributed by atoms with Crippen LogP contribution in [0.1, 0.15) is 18.2 Å². The number of aromatic nitrogens is 3. The van der Waals surface area contributed by atoms with Crippen molar-refractivity contribution < 1.29 is 14.3 Å². The van der Waals surface area contributed by atoms with E-state index in [1.165, 1.54) is 13.3 Å². The summed E-state index contributed by atoms with van der Waals surface area (Å²) in [7, 11) is 0. The summed E-state index contributed by atoms with van der Waals surface area (Å²) >= 11 is 6.45. The molecule has 0 saturated carbocycles. The molecule has 0 aliphatic rings. The molecule has 0 atom stereocenters. The van der Waals surface area contributed by atoms with Gasteiger partial charge >= 0.3 is 0 Å². The Hall–Kier alpha value is -4.48. The number of nitrogens with one attached hydrogen (secondary N) is 2. The molecule has 0 fully saturated rings. The summed E-state index contributed by atoms with van der Waals surface area (Å²) in [6.07, 6.45) is 3.11. The summed E-state index contributed by atoms with van der Waals surface area (Å²) in [5.41, 5.74) is 3.05. The zero-order valence-electron chi connectivity index (χ0n) is 18.9. The zero-order valence-corrected chi connectivity index (χ0v) is 19.7. The minimum atomic E-state index is -0.664. The van der Waals surface area contributed by atoms with Crippen molar-refractivity contribution >= 4 is 45.7 Å². The normalized spacial score (nSPS) is 10.3. The van der Waals surface area contributed by atoms with E-state index < -0.39 is 11.7 Å². The number of ether oxygens (including phenoxy) is 1. The number of rotatable bonds is 6. The molecule has 0 spiro atoms. The van der Waals surface area contributed by atoms with E-state index in [1.54, 1.807) is 18.3 Å². The predicted octanol–water partition coefficient (Wildman–Crippen LogP) is 4.58. The molecule has 35 heavy (non-hydrogen) atoms. The Balaban J connectivity index is 1.52. The van der Waals surface area contributed by atoms with Crippen molar-refractivity contribution in [3.63, 3.8) is 0 Å². The van der Waals surface area contributed by atoms with Crippen LogP contribution in [0.4, 0.5) is 11.5 Å². The number of carbonyl (C=O) groups is 2. The number of aryl methyl sites for hydroxylation is 1. The van der Waals surface area contributed by atoms with Crippen molar-refractivity contribution in [2.45, 2.75) is 13.8 Å². The Kier molecular flexibility index (Phi) is 7.19. The highest BCUT2D eigenvalue weighted by atomic mass is 35.5. The number of anilines is 2. The van der Waals surface area contributed by atoms with E-state index in [4.69, 9.17) is 16.3 Å². The number of Topliss-reactive ketones (excluding diaryl/α,β-unsaturated/α-hetero) is 1. The highest BCUT2D eigenvalue weighted by molar-refractivity contribution is 6.35. The van der Waals surface area contributed by atoms with Gasteiger partial charge in [-0.15, -0.1) is 0 Å². The van der Waals surface area contributed by atoms with Crippen molar-refractivity contribution in [1.29, 1.82) is 0 Å². The van der Waals surface area contributed by atoms with Gasteiger partial charge in [-0.05, 0) is 55.5 Å². The number of fused-ring (bicyclic) bond motifs is 1. The second-order valence-electron chi connectivity index (χ2n) is 7.50. The molecule has 0 radical (unpaired) electrons. The predicted molar refractivity (Wildman–Crippen MR) is 134 cm³/mol. The maximum Gasteiger partial charge on any atom is 0.287 e. The lowest BCUT2D eigenvalue weighted by atomic mass is 10.1. The van der Waals surface area contributed by atoms with Crippen molar-refractivity contribution in [2.75, 3.05) is 11.9 Å². The molecule has 0 aliphatic carbocycles. The van der Waals surface area contributed by atoms with E-state index in [-0.39, 0.29) is 6.54 Å². The summed E-state index contributed by atoms with van der Waals surface area (Å²) in [6.45, 7) is 3.17. The zero-order chi connectivity index (χ0) is 24.8. The van der Waals surface area contributed by atoms with Crippen LogP contribution >= 0.6 is 11.6 Å². The molecule has 2 N–H and O–H groups in total. The van der Waals surface area contributed by atoms with Crippen LogP contribution in [0.2, 0.25) is 5.02 Å². The smallest absolute Gasteiger partial charge is 0.287 e. The van der Waals surface area contributed by atoms with Crippen molar-refractivity contribution in [1.82, 2.24) is 20.3 Å². The molecule has 9 heteroatoms. The van der Waals surface area contributed by atoms with Crippen molar-refractivity contribution in [3.8, 4) is 23.3 Å². The fraction of sp³-hybridized carbons (Fsp3) is 0.115. The lowest BCUT2D eigenvalue weighted by Crippen LogP contribution is -2.29. The molecule has 0 unspecified atom stereocenters. The van der Waals surface area contributed by atoms with Gasteiger partial charge in [-0.2, -0.15) is 0 Å². The number of hydrogen-bond donors (Lipinski definition) is 2. The molecule has 2 heterocycles. The summed E-state index contributed by atoms with van der Waals surface area (Å²) in [5.74, 6) is 6.24. The molecule has 4 aromatic rings. The number of amides is 1. The van der Waals surface area contributed by atoms with Crippen molar-refractivity contribution in [3.05, 3.63) is 77.3 Å². The Morgan fingerprint density at radius 2 is 1.91 bits per heavy atom. The largest absolute Gasteiger partial charge is 0.454 e. The van der Waals surface area contributed by atoms with E-state index in [0.29, 0.717) is 33.6 Å². The molecule has 2 aromatic heterocycles. The number of halogens is 1. The number of pyridine rings is 1. The number of hydrogen-bond acceptors (Lipinski definition) is 7. The van der Waals surface area contributed by atoms with Crippen LogP contribution < -0.4 is 15.4 Å². The molecule has 0 aliphatic heterocycles. The molecule has 1 amide bonds. The van der Waals surface area contributed by atoms with Crippen LogP contribution in [0.3, 0.4) is 0 Å². The lowest BCUT2D eigenvalue weighted by molar-refractivity contribution is -0.136. The molecule has 2 aromatic carbocycles. The molecule has 4 rings (SSSR count). The molecular formula is C26H20ClN5O3. The number of ketones is 1. The van der Waals surface area contributed by atoms with Gasteiger partial charge in [0.15, 0.2) is 0 Å². The van der Waals surface area contributed by atoms with E-state index in [1.807, 2.05) is 43.3 Å². The van der Waals surface area contributed by atoms with Crippen molar-refractivity contribution in [2.24, 2.45) is 0 Å². The van der Waals surface area contributed by atoms with Gasteiger partial charge in [0.1, 0.15) is 23.6 Å². The third kappa shape index (κ3) is 6.10. The summed E-state index contributed by atoms with van der Waals surface area (Å²) < 4.78 is 5.82. The first-order valence-electron chi connectivity index (χ1n) is 10.6. The third-order valence-electron chi connectivity index (χ3n) is 4.83. The summed E-state index contributed by atoms with van der Waals surface area (Å²) in [6, 6.07) is 14.5. The lowest BCUT2D eigenvalue weighted by Gasteiger charge is -2.11. The second-order valence-corrected chi connectivity index (χ2v) is 7.91. The minimum Gasteiger partial charge on any atom is -0.454 e. The topological polar surface area (TPSA) is 106 Å². The summed E-state index contributed by atoms with van der Waals surface area (Å²) in [5, 5.41) is 6.88. The van der Waals surface area contributed by atoms with Gasteiger partial charge in [0.2, 0.25) is 5.78 Å². The fourth-order valence-electron chi connectivity index (χ4n) is 3.07. The van der Waals surface area contributed by atoms with Gasteiger partial charge in [0.05, 0.1) is 23.3 Å². The SMILES string of the molecule is CC(=O)C(=O)NCC#Cc1ccc2ncnc(Nc3ccc(Oc4ccc(C)nc4)c(Cl)c3)c2c1. The molecule has 174 valence electrons. The first-order chi connectivity index (χ1) is 16.9. The van der Waals surface area contributed by atoms with Crippen LogP contribution in [-0.4, -0.2) is 33.2 Å². The maximum absolute atomic E-state index is 11.3. The third-order valence-corrected chi connectivity index (χ3v) is 5.13. The van der Waals surface area contributed by atoms with Gasteiger partial charge < -0.3 is 15.4 Å². The average Bonchev–Trinajstić information content (AvgIpc) is 2.85. The van der Waals surface area contributed by atoms with Crippen LogP contribution in [0.5, 0.6) is 11.5 Å². The van der Waals surface area contributed by atoms with Crippen LogP contribution in [-0.2, 0) is 9.59 Å². The number of benzene rings is 2. The van der Waals surface area contributed by atoms with E-state index >= 15 is 0 Å². The first kappa shape index (κ1) is 23.7. The van der Waals surface area contributed by atoms with E-state index in [0.717, 1.165) is 16.6 Å². The Morgan fingerprint density at radius 1 is 1.06 bits per heavy atom. The molecular weight excluding hydrogens is 466 g/mol. The second kappa shape index (κ2) is 10.6. The molecule has 8 nitrogen and oxygen atoms in total. The first-order valence-corrected chi connectivity index (χ1v) is 11.0. The van der Waals surface area contributed by atoms with Gasteiger partial charge in [0.25, 0.3) is 5.91 Å². The highest BCUT2D eigenvalue weighted by Gasteiger charge is 2.09. The molecule has 0 bridgehead atoms. The van der Waals surface area contributed by atoms with Crippen LogP contribution in [0.15, 0.2) is 61.1 Å². The maximum atomic E-state index is 11.3. The average molecular weight is 486 g/mol.